The number of ether oxygens (including phenoxy) is 1. The van der Waals surface area contributed by atoms with Crippen LogP contribution >= 0.6 is 23.4 Å². The van der Waals surface area contributed by atoms with E-state index >= 15 is 0 Å². The van der Waals surface area contributed by atoms with Crippen molar-refractivity contribution in [2.45, 2.75) is 4.90 Å². The predicted molar refractivity (Wildman–Crippen MR) is 83.2 cm³/mol. The van der Waals surface area contributed by atoms with Crippen molar-refractivity contribution in [3.8, 4) is 5.75 Å². The predicted octanol–water partition coefficient (Wildman–Crippen LogP) is 2.03. The maximum atomic E-state index is 12.5. The molecule has 0 aliphatic rings. The summed E-state index contributed by atoms with van der Waals surface area (Å²) in [6.45, 7) is 0.293. The molecule has 9 heteroatoms. The number of methoxy groups -OCH3 is 1. The third-order valence-corrected chi connectivity index (χ3v) is 5.42. The van der Waals surface area contributed by atoms with Crippen LogP contribution in [0.2, 0.25) is 5.02 Å². The van der Waals surface area contributed by atoms with E-state index in [0.29, 0.717) is 12.3 Å². The third-order valence-electron chi connectivity index (χ3n) is 2.75. The summed E-state index contributed by atoms with van der Waals surface area (Å²) >= 11 is 7.34. The van der Waals surface area contributed by atoms with Crippen LogP contribution in [0.3, 0.4) is 0 Å². The van der Waals surface area contributed by atoms with E-state index in [9.17, 15) is 13.2 Å². The second-order valence-corrected chi connectivity index (χ2v) is 7.54. The minimum Gasteiger partial charge on any atom is -0.494 e. The van der Waals surface area contributed by atoms with Gasteiger partial charge in [0.05, 0.1) is 7.11 Å². The third kappa shape index (κ3) is 4.03. The van der Waals surface area contributed by atoms with Gasteiger partial charge in [0.25, 0.3) is 0 Å². The molecule has 0 unspecified atom stereocenters. The van der Waals surface area contributed by atoms with Gasteiger partial charge in [-0.05, 0) is 18.4 Å². The van der Waals surface area contributed by atoms with Crippen LogP contribution in [0.15, 0.2) is 17.0 Å². The number of rotatable bonds is 7. The van der Waals surface area contributed by atoms with Gasteiger partial charge in [-0.1, -0.05) is 11.6 Å². The van der Waals surface area contributed by atoms with Crippen molar-refractivity contribution in [3.63, 3.8) is 0 Å². The van der Waals surface area contributed by atoms with Gasteiger partial charge in [-0.25, -0.2) is 13.2 Å². The Hall–Kier alpha value is -0.960. The number of thioether (sulfide) groups is 1. The van der Waals surface area contributed by atoms with Crippen molar-refractivity contribution >= 4 is 39.4 Å². The van der Waals surface area contributed by atoms with Crippen LogP contribution in [-0.2, 0) is 10.0 Å². The molecule has 0 radical (unpaired) electrons. The van der Waals surface area contributed by atoms with Gasteiger partial charge in [-0.2, -0.15) is 16.1 Å². The van der Waals surface area contributed by atoms with Gasteiger partial charge in [0.1, 0.15) is 10.5 Å². The summed E-state index contributed by atoms with van der Waals surface area (Å²) < 4.78 is 31.2. The highest BCUT2D eigenvalue weighted by Gasteiger charge is 2.28. The topological polar surface area (TPSA) is 83.9 Å². The molecule has 6 nitrogen and oxygen atoms in total. The molecule has 0 atom stereocenters. The summed E-state index contributed by atoms with van der Waals surface area (Å²) in [5, 5.41) is 9.16. The molecule has 0 aromatic heterocycles. The summed E-state index contributed by atoms with van der Waals surface area (Å²) in [7, 11) is -1.24. The van der Waals surface area contributed by atoms with Crippen LogP contribution in [-0.4, -0.2) is 56.5 Å². The highest BCUT2D eigenvalue weighted by Crippen LogP contribution is 2.33. The fraction of sp³-hybridized carbons (Fsp3) is 0.417. The zero-order chi connectivity index (χ0) is 16.2. The lowest BCUT2D eigenvalue weighted by atomic mass is 10.2. The number of hydrogen-bond donors (Lipinski definition) is 1. The van der Waals surface area contributed by atoms with Gasteiger partial charge < -0.3 is 9.84 Å². The van der Waals surface area contributed by atoms with E-state index < -0.39 is 16.0 Å². The van der Waals surface area contributed by atoms with Gasteiger partial charge in [0, 0.05) is 24.4 Å². The summed E-state index contributed by atoms with van der Waals surface area (Å²) in [6.07, 6.45) is 1.86. The second-order valence-electron chi connectivity index (χ2n) is 4.11. The van der Waals surface area contributed by atoms with E-state index in [1.807, 2.05) is 6.26 Å². The molecule has 0 aliphatic carbocycles. The van der Waals surface area contributed by atoms with E-state index in [-0.39, 0.29) is 21.2 Å². The molecule has 1 aromatic rings. The average molecular weight is 354 g/mol. The standard InChI is InChI=1S/C12H16ClNO5S2/c1-14(4-5-20-3)21(17,18)10-7-8(13)6-9(12(15)16)11(10)19-2/h6-7H,4-5H2,1-3H3,(H,15,16). The number of carboxylic acid groups (broad SMARTS) is 1. The van der Waals surface area contributed by atoms with Crippen molar-refractivity contribution in [2.24, 2.45) is 0 Å². The first-order valence-corrected chi connectivity index (χ1v) is 9.03. The molecule has 0 bridgehead atoms. The number of benzene rings is 1. The minimum absolute atomic E-state index is 0.0186. The molecule has 21 heavy (non-hydrogen) atoms. The molecular formula is C12H16ClNO5S2. The SMILES string of the molecule is COc1c(C(=O)O)cc(Cl)cc1S(=O)(=O)N(C)CCSC. The lowest BCUT2D eigenvalue weighted by molar-refractivity contribution is 0.0693. The highest BCUT2D eigenvalue weighted by atomic mass is 35.5. The quantitative estimate of drug-likeness (QED) is 0.807. The lowest BCUT2D eigenvalue weighted by Crippen LogP contribution is -2.29. The number of sulfonamides is 1. The first-order valence-electron chi connectivity index (χ1n) is 5.81. The molecular weight excluding hydrogens is 338 g/mol. The summed E-state index contributed by atoms with van der Waals surface area (Å²) in [5.74, 6) is -0.912. The number of aromatic carboxylic acids is 1. The maximum absolute atomic E-state index is 12.5. The van der Waals surface area contributed by atoms with Gasteiger partial charge >= 0.3 is 5.97 Å². The minimum atomic E-state index is -3.89. The number of hydrogen-bond acceptors (Lipinski definition) is 5. The fourth-order valence-electron chi connectivity index (χ4n) is 1.64. The molecule has 0 saturated heterocycles. The van der Waals surface area contributed by atoms with Crippen molar-refractivity contribution in [1.29, 1.82) is 0 Å². The smallest absolute Gasteiger partial charge is 0.339 e. The monoisotopic (exact) mass is 353 g/mol. The van der Waals surface area contributed by atoms with Gasteiger partial charge in [0.15, 0.2) is 5.75 Å². The molecule has 1 aromatic carbocycles. The van der Waals surface area contributed by atoms with Crippen molar-refractivity contribution < 1.29 is 23.1 Å². The van der Waals surface area contributed by atoms with Crippen molar-refractivity contribution in [3.05, 3.63) is 22.7 Å². The average Bonchev–Trinajstić information content (AvgIpc) is 2.43. The number of nitrogens with zero attached hydrogens (tertiary/aromatic N) is 1. The van der Waals surface area contributed by atoms with Crippen LogP contribution in [0, 0.1) is 0 Å². The molecule has 1 rings (SSSR count). The Morgan fingerprint density at radius 3 is 2.57 bits per heavy atom. The Morgan fingerprint density at radius 1 is 1.48 bits per heavy atom. The molecule has 0 aliphatic heterocycles. The Morgan fingerprint density at radius 2 is 2.10 bits per heavy atom. The fourth-order valence-corrected chi connectivity index (χ4v) is 3.86. The van der Waals surface area contributed by atoms with Crippen LogP contribution in [0.4, 0.5) is 0 Å². The summed E-state index contributed by atoms with van der Waals surface area (Å²) in [4.78, 5) is 11.0. The molecule has 0 fully saturated rings. The highest BCUT2D eigenvalue weighted by molar-refractivity contribution is 7.98. The Labute approximate surface area is 133 Å². The van der Waals surface area contributed by atoms with Crippen LogP contribution in [0.1, 0.15) is 10.4 Å². The molecule has 0 amide bonds. The Bertz CT molecular complexity index is 633. The van der Waals surface area contributed by atoms with E-state index in [2.05, 4.69) is 0 Å². The van der Waals surface area contributed by atoms with E-state index in [0.717, 1.165) is 10.4 Å². The number of carbonyl (C=O) groups is 1. The van der Waals surface area contributed by atoms with E-state index in [4.69, 9.17) is 21.4 Å². The normalized spacial score (nSPS) is 11.7. The zero-order valence-corrected chi connectivity index (χ0v) is 14.2. The Balaban J connectivity index is 3.44. The Kier molecular flexibility index (Phi) is 6.33. The number of halogens is 1. The first-order chi connectivity index (χ1) is 9.75. The van der Waals surface area contributed by atoms with E-state index in [1.165, 1.54) is 32.0 Å². The van der Waals surface area contributed by atoms with Gasteiger partial charge in [-0.3, -0.25) is 0 Å². The molecule has 0 heterocycles. The largest absolute Gasteiger partial charge is 0.494 e. The van der Waals surface area contributed by atoms with Crippen LogP contribution in [0.25, 0.3) is 0 Å². The molecule has 118 valence electrons. The van der Waals surface area contributed by atoms with Crippen molar-refractivity contribution in [2.75, 3.05) is 32.7 Å². The maximum Gasteiger partial charge on any atom is 0.339 e. The summed E-state index contributed by atoms with van der Waals surface area (Å²) in [5.41, 5.74) is -0.290. The van der Waals surface area contributed by atoms with Crippen LogP contribution < -0.4 is 4.74 Å². The molecule has 1 N–H and O–H groups in total. The molecule has 0 spiro atoms. The van der Waals surface area contributed by atoms with Gasteiger partial charge in [0.2, 0.25) is 10.0 Å². The lowest BCUT2D eigenvalue weighted by Gasteiger charge is -2.19. The van der Waals surface area contributed by atoms with E-state index in [1.54, 1.807) is 0 Å². The van der Waals surface area contributed by atoms with Crippen LogP contribution in [0.5, 0.6) is 5.75 Å². The van der Waals surface area contributed by atoms with Crippen molar-refractivity contribution in [1.82, 2.24) is 4.31 Å². The zero-order valence-electron chi connectivity index (χ0n) is 11.8. The first kappa shape index (κ1) is 18.1. The van der Waals surface area contributed by atoms with Gasteiger partial charge in [-0.15, -0.1) is 0 Å². The number of carboxylic acids is 1. The second kappa shape index (κ2) is 7.35. The molecule has 0 saturated carbocycles. The summed E-state index contributed by atoms with van der Waals surface area (Å²) in [6, 6.07) is 2.35.